The molecular formula is C9H11F3N4S. The third kappa shape index (κ3) is 3.32. The van der Waals surface area contributed by atoms with Crippen LogP contribution in [0.4, 0.5) is 13.2 Å². The highest BCUT2D eigenvalue weighted by Crippen LogP contribution is 2.29. The summed E-state index contributed by atoms with van der Waals surface area (Å²) in [5.74, 6) is 0.625. The Morgan fingerprint density at radius 2 is 2.29 bits per heavy atom. The first-order chi connectivity index (χ1) is 8.05. The van der Waals surface area contributed by atoms with E-state index in [1.807, 2.05) is 0 Å². The lowest BCUT2D eigenvalue weighted by molar-refractivity contribution is -0.140. The molecule has 0 saturated carbocycles. The Morgan fingerprint density at radius 3 is 2.88 bits per heavy atom. The Hall–Kier alpha value is -1.31. The van der Waals surface area contributed by atoms with E-state index in [9.17, 15) is 13.2 Å². The Morgan fingerprint density at radius 1 is 1.47 bits per heavy atom. The highest BCUT2D eigenvalue weighted by molar-refractivity contribution is 7.09. The van der Waals surface area contributed by atoms with Crippen molar-refractivity contribution < 1.29 is 13.2 Å². The largest absolute Gasteiger partial charge is 0.434 e. The molecule has 0 aromatic carbocycles. The minimum Gasteiger partial charge on any atom is -0.356 e. The Bertz CT molecular complexity index is 413. The first-order valence-corrected chi connectivity index (χ1v) is 5.97. The maximum atomic E-state index is 12.3. The van der Waals surface area contributed by atoms with Gasteiger partial charge in [0.2, 0.25) is 0 Å². The number of guanidine groups is 1. The number of hydrogen-bond donors (Lipinski definition) is 2. The molecule has 1 aromatic heterocycles. The average Bonchev–Trinajstić information content (AvgIpc) is 2.76. The van der Waals surface area contributed by atoms with Crippen molar-refractivity contribution in [3.8, 4) is 0 Å². The van der Waals surface area contributed by atoms with Crippen molar-refractivity contribution in [3.63, 3.8) is 0 Å². The van der Waals surface area contributed by atoms with E-state index in [4.69, 9.17) is 0 Å². The van der Waals surface area contributed by atoms with Crippen LogP contribution in [-0.2, 0) is 12.7 Å². The lowest BCUT2D eigenvalue weighted by Crippen LogP contribution is -2.40. The molecule has 2 heterocycles. The van der Waals surface area contributed by atoms with Gasteiger partial charge in [-0.1, -0.05) is 0 Å². The molecule has 1 aliphatic rings. The van der Waals surface area contributed by atoms with Gasteiger partial charge in [0.25, 0.3) is 0 Å². The zero-order chi connectivity index (χ0) is 12.3. The van der Waals surface area contributed by atoms with Crippen LogP contribution in [0.15, 0.2) is 10.4 Å². The van der Waals surface area contributed by atoms with Crippen molar-refractivity contribution in [2.24, 2.45) is 4.99 Å². The second-order valence-corrected chi connectivity index (χ2v) is 4.43. The van der Waals surface area contributed by atoms with Crippen molar-refractivity contribution in [2.45, 2.75) is 19.1 Å². The first-order valence-electron chi connectivity index (χ1n) is 5.09. The van der Waals surface area contributed by atoms with E-state index in [0.717, 1.165) is 36.2 Å². The van der Waals surface area contributed by atoms with Crippen LogP contribution < -0.4 is 10.6 Å². The van der Waals surface area contributed by atoms with Crippen LogP contribution in [0.2, 0.25) is 0 Å². The van der Waals surface area contributed by atoms with Gasteiger partial charge in [-0.2, -0.15) is 13.2 Å². The molecule has 0 unspecified atom stereocenters. The molecule has 2 N–H and O–H groups in total. The molecule has 0 amide bonds. The van der Waals surface area contributed by atoms with Gasteiger partial charge in [0.05, 0.1) is 6.54 Å². The summed E-state index contributed by atoms with van der Waals surface area (Å²) < 4.78 is 36.9. The van der Waals surface area contributed by atoms with Crippen LogP contribution in [0.5, 0.6) is 0 Å². The van der Waals surface area contributed by atoms with Gasteiger partial charge in [0.15, 0.2) is 11.7 Å². The fraction of sp³-hybridized carbons (Fsp3) is 0.556. The maximum absolute atomic E-state index is 12.3. The maximum Gasteiger partial charge on any atom is 0.434 e. The summed E-state index contributed by atoms with van der Waals surface area (Å²) in [6.45, 7) is 1.82. The summed E-state index contributed by atoms with van der Waals surface area (Å²) >= 11 is 0.989. The van der Waals surface area contributed by atoms with E-state index in [2.05, 4.69) is 20.6 Å². The lowest BCUT2D eigenvalue weighted by atomic mass is 10.4. The molecule has 0 spiro atoms. The standard InChI is InChI=1S/C9H11F3N4S/c10-9(11,12)6-5-17-7(16-6)4-15-8-13-2-1-3-14-8/h5H,1-4H2,(H2,13,14,15). The quantitative estimate of drug-likeness (QED) is 0.853. The minimum absolute atomic E-state index is 0.257. The Balaban J connectivity index is 1.91. The second kappa shape index (κ2) is 4.91. The van der Waals surface area contributed by atoms with E-state index >= 15 is 0 Å². The van der Waals surface area contributed by atoms with Gasteiger partial charge in [0.1, 0.15) is 5.01 Å². The van der Waals surface area contributed by atoms with E-state index in [-0.39, 0.29) is 6.54 Å². The number of thiazole rings is 1. The number of halogens is 3. The Labute approximate surface area is 100.0 Å². The molecular weight excluding hydrogens is 253 g/mol. The second-order valence-electron chi connectivity index (χ2n) is 3.49. The van der Waals surface area contributed by atoms with Crippen LogP contribution >= 0.6 is 11.3 Å². The van der Waals surface area contributed by atoms with E-state index in [0.29, 0.717) is 11.0 Å². The third-order valence-corrected chi connectivity index (χ3v) is 3.00. The number of hydrogen-bond acceptors (Lipinski definition) is 5. The summed E-state index contributed by atoms with van der Waals surface area (Å²) in [5, 5.41) is 7.36. The molecule has 0 saturated heterocycles. The van der Waals surface area contributed by atoms with Gasteiger partial charge in [-0.3, -0.25) is 4.99 Å². The summed E-state index contributed by atoms with van der Waals surface area (Å²) in [7, 11) is 0. The van der Waals surface area contributed by atoms with Crippen LogP contribution in [0.3, 0.4) is 0 Å². The minimum atomic E-state index is -4.37. The SMILES string of the molecule is FC(F)(F)c1csc(CNC2=NCCCN2)n1. The van der Waals surface area contributed by atoms with Crippen molar-refractivity contribution in [1.29, 1.82) is 0 Å². The lowest BCUT2D eigenvalue weighted by Gasteiger charge is -2.15. The molecule has 0 fully saturated rings. The molecule has 0 atom stereocenters. The third-order valence-electron chi connectivity index (χ3n) is 2.15. The number of aromatic nitrogens is 1. The first kappa shape index (κ1) is 12.2. The number of alkyl halides is 3. The summed E-state index contributed by atoms with van der Waals surface area (Å²) in [6.07, 6.45) is -3.39. The van der Waals surface area contributed by atoms with Gasteiger partial charge in [0, 0.05) is 18.5 Å². The van der Waals surface area contributed by atoms with Crippen LogP contribution in [0.1, 0.15) is 17.1 Å². The predicted molar refractivity (Wildman–Crippen MR) is 58.9 cm³/mol. The fourth-order valence-corrected chi connectivity index (χ4v) is 2.07. The molecule has 17 heavy (non-hydrogen) atoms. The molecule has 0 aliphatic carbocycles. The van der Waals surface area contributed by atoms with E-state index in [1.54, 1.807) is 0 Å². The Kier molecular flexibility index (Phi) is 3.51. The highest BCUT2D eigenvalue weighted by Gasteiger charge is 2.33. The molecule has 1 aliphatic heterocycles. The van der Waals surface area contributed by atoms with Crippen molar-refractivity contribution in [1.82, 2.24) is 15.6 Å². The molecule has 4 nitrogen and oxygen atoms in total. The monoisotopic (exact) mass is 264 g/mol. The van der Waals surface area contributed by atoms with Crippen molar-refractivity contribution in [2.75, 3.05) is 13.1 Å². The van der Waals surface area contributed by atoms with Gasteiger partial charge in [-0.05, 0) is 6.42 Å². The zero-order valence-electron chi connectivity index (χ0n) is 8.84. The summed E-state index contributed by atoms with van der Waals surface area (Å²) in [5.41, 5.74) is -0.835. The van der Waals surface area contributed by atoms with E-state index in [1.165, 1.54) is 0 Å². The van der Waals surface area contributed by atoms with Crippen molar-refractivity contribution >= 4 is 17.3 Å². The smallest absolute Gasteiger partial charge is 0.356 e. The average molecular weight is 264 g/mol. The number of rotatable bonds is 2. The molecule has 0 radical (unpaired) electrons. The van der Waals surface area contributed by atoms with Gasteiger partial charge >= 0.3 is 6.18 Å². The molecule has 1 aromatic rings. The zero-order valence-corrected chi connectivity index (χ0v) is 9.66. The predicted octanol–water partition coefficient (Wildman–Crippen LogP) is 1.60. The van der Waals surface area contributed by atoms with Crippen LogP contribution in [0, 0.1) is 0 Å². The number of nitrogens with zero attached hydrogens (tertiary/aromatic N) is 2. The van der Waals surface area contributed by atoms with Gasteiger partial charge < -0.3 is 10.6 Å². The summed E-state index contributed by atoms with van der Waals surface area (Å²) in [6, 6.07) is 0. The topological polar surface area (TPSA) is 49.3 Å². The summed E-state index contributed by atoms with van der Waals surface area (Å²) in [4.78, 5) is 7.66. The van der Waals surface area contributed by atoms with E-state index < -0.39 is 11.9 Å². The highest BCUT2D eigenvalue weighted by atomic mass is 32.1. The molecule has 0 bridgehead atoms. The molecule has 8 heteroatoms. The fourth-order valence-electron chi connectivity index (χ4n) is 1.33. The van der Waals surface area contributed by atoms with Crippen LogP contribution in [-0.4, -0.2) is 24.0 Å². The van der Waals surface area contributed by atoms with Gasteiger partial charge in [-0.25, -0.2) is 4.98 Å². The molecule has 94 valence electrons. The normalized spacial score (nSPS) is 16.3. The number of aliphatic imine (C=N–C) groups is 1. The molecule has 2 rings (SSSR count). The number of nitrogens with one attached hydrogen (secondary N) is 2. The van der Waals surface area contributed by atoms with Crippen molar-refractivity contribution in [3.05, 3.63) is 16.1 Å². The van der Waals surface area contributed by atoms with Gasteiger partial charge in [-0.15, -0.1) is 11.3 Å². The van der Waals surface area contributed by atoms with Crippen LogP contribution in [0.25, 0.3) is 0 Å².